The van der Waals surface area contributed by atoms with E-state index in [4.69, 9.17) is 23.7 Å². The Morgan fingerprint density at radius 1 is 0.492 bits per heavy atom. The van der Waals surface area contributed by atoms with E-state index in [0.29, 0.717) is 11.1 Å². The van der Waals surface area contributed by atoms with Crippen LogP contribution in [0.5, 0.6) is 69.0 Å². The van der Waals surface area contributed by atoms with E-state index in [-0.39, 0.29) is 91.5 Å². The van der Waals surface area contributed by atoms with Crippen LogP contribution < -0.4 is 23.7 Å². The zero-order valence-electron chi connectivity index (χ0n) is 32.5. The number of aliphatic hydroxyl groups is 3. The summed E-state index contributed by atoms with van der Waals surface area (Å²) in [4.78, 5) is 13.0. The van der Waals surface area contributed by atoms with Crippen molar-refractivity contribution in [1.29, 1.82) is 0 Å². The van der Waals surface area contributed by atoms with Crippen LogP contribution >= 0.6 is 0 Å². The van der Waals surface area contributed by atoms with Gasteiger partial charge in [0.15, 0.2) is 12.2 Å². The standard InChI is InChI=1S/C47H36O16/c48-21-7-1-18(2-8-21)42-40(56)25-15-32(55)59-29-16-27(53)35(44(60-42)33(25)29)38-36-28(54)17-31-37(45(36)61-43(41(38)57)19-3-9-22(49)10-4-19)39-34-26(52)13-24(51)14-30(34)62-47(63-31,46(39)58)20-5-11-23(50)12-6-20/h1-14,16-17,25,38-43,46,48-54,56-58H,15H2. The van der Waals surface area contributed by atoms with Gasteiger partial charge in [-0.25, -0.2) is 0 Å². The van der Waals surface area contributed by atoms with Crippen molar-refractivity contribution in [3.8, 4) is 69.0 Å². The third-order valence-corrected chi connectivity index (χ3v) is 12.7. The summed E-state index contributed by atoms with van der Waals surface area (Å²) in [6.07, 6.45) is -7.56. The van der Waals surface area contributed by atoms with Gasteiger partial charge in [-0.15, -0.1) is 0 Å². The Hall–Kier alpha value is -7.53. The third-order valence-electron chi connectivity index (χ3n) is 12.7. The maximum Gasteiger partial charge on any atom is 0.311 e. The van der Waals surface area contributed by atoms with Crippen molar-refractivity contribution >= 4 is 5.97 Å². The van der Waals surface area contributed by atoms with Gasteiger partial charge in [-0.3, -0.25) is 4.79 Å². The second-order valence-electron chi connectivity index (χ2n) is 16.3. The Morgan fingerprint density at radius 3 is 1.57 bits per heavy atom. The second kappa shape index (κ2) is 13.5. The van der Waals surface area contributed by atoms with E-state index in [0.717, 1.165) is 6.07 Å². The molecule has 0 aliphatic carbocycles. The van der Waals surface area contributed by atoms with Gasteiger partial charge in [0.2, 0.25) is 0 Å². The minimum absolute atomic E-state index is 0.00466. The molecular formula is C47H36O16. The lowest BCUT2D eigenvalue weighted by Crippen LogP contribution is -2.57. The third kappa shape index (κ3) is 5.54. The maximum atomic E-state index is 13.0. The van der Waals surface area contributed by atoms with E-state index in [1.807, 2.05) is 0 Å². The van der Waals surface area contributed by atoms with Gasteiger partial charge >= 0.3 is 11.8 Å². The summed E-state index contributed by atoms with van der Waals surface area (Å²) in [7, 11) is 0. The fourth-order valence-corrected chi connectivity index (χ4v) is 9.96. The summed E-state index contributed by atoms with van der Waals surface area (Å²) in [5, 5.41) is 114. The smallest absolute Gasteiger partial charge is 0.311 e. The van der Waals surface area contributed by atoms with Crippen LogP contribution in [0, 0.1) is 0 Å². The Bertz CT molecular complexity index is 2880. The van der Waals surface area contributed by atoms with Gasteiger partial charge in [-0.05, 0) is 59.7 Å². The molecule has 9 unspecified atom stereocenters. The number of phenolic OH excluding ortho intramolecular Hbond substituents is 7. The molecule has 320 valence electrons. The number of aromatic hydroxyl groups is 7. The molecule has 6 aromatic carbocycles. The van der Waals surface area contributed by atoms with Crippen LogP contribution in [0.15, 0.2) is 97.1 Å². The van der Waals surface area contributed by atoms with Crippen molar-refractivity contribution in [3.63, 3.8) is 0 Å². The largest absolute Gasteiger partial charge is 0.508 e. The molecule has 0 radical (unpaired) electrons. The number of hydrogen-bond donors (Lipinski definition) is 10. The van der Waals surface area contributed by atoms with Crippen molar-refractivity contribution in [1.82, 2.24) is 0 Å². The topological polar surface area (TPSA) is 266 Å². The molecule has 2 bridgehead atoms. The number of aliphatic hydroxyl groups excluding tert-OH is 3. The molecule has 0 spiro atoms. The number of ether oxygens (including phenoxy) is 5. The summed E-state index contributed by atoms with van der Waals surface area (Å²) >= 11 is 0. The van der Waals surface area contributed by atoms with Gasteiger partial charge in [0.1, 0.15) is 87.3 Å². The van der Waals surface area contributed by atoms with Crippen LogP contribution in [0.2, 0.25) is 0 Å². The molecule has 63 heavy (non-hydrogen) atoms. The average molecular weight is 857 g/mol. The van der Waals surface area contributed by atoms with E-state index >= 15 is 0 Å². The first-order chi connectivity index (χ1) is 30.2. The Labute approximate surface area is 355 Å². The highest BCUT2D eigenvalue weighted by atomic mass is 16.7. The predicted octanol–water partition coefficient (Wildman–Crippen LogP) is 5.27. The van der Waals surface area contributed by atoms with Gasteiger partial charge in [0.05, 0.1) is 18.3 Å². The lowest BCUT2D eigenvalue weighted by atomic mass is 9.71. The predicted molar refractivity (Wildman–Crippen MR) is 215 cm³/mol. The van der Waals surface area contributed by atoms with Crippen molar-refractivity contribution in [2.45, 2.75) is 60.5 Å². The van der Waals surface area contributed by atoms with Crippen LogP contribution in [0.4, 0.5) is 0 Å². The minimum Gasteiger partial charge on any atom is -0.508 e. The molecule has 6 aromatic rings. The quantitative estimate of drug-likeness (QED) is 0.0800. The minimum atomic E-state index is -2.10. The molecule has 11 rings (SSSR count). The number of hydrogen-bond acceptors (Lipinski definition) is 16. The molecule has 9 atom stereocenters. The fourth-order valence-electron chi connectivity index (χ4n) is 9.96. The molecule has 16 heteroatoms. The Kier molecular flexibility index (Phi) is 8.22. The van der Waals surface area contributed by atoms with E-state index in [1.54, 1.807) is 0 Å². The molecular weight excluding hydrogens is 821 g/mol. The lowest BCUT2D eigenvalue weighted by molar-refractivity contribution is -0.219. The molecule has 5 aliphatic heterocycles. The van der Waals surface area contributed by atoms with Crippen LogP contribution in [0.1, 0.15) is 80.9 Å². The zero-order chi connectivity index (χ0) is 43.8. The number of rotatable bonds is 4. The second-order valence-corrected chi connectivity index (χ2v) is 16.3. The first-order valence-corrected chi connectivity index (χ1v) is 19.9. The lowest BCUT2D eigenvalue weighted by Gasteiger charge is -2.51. The van der Waals surface area contributed by atoms with Crippen molar-refractivity contribution in [3.05, 3.63) is 142 Å². The molecule has 0 saturated carbocycles. The van der Waals surface area contributed by atoms with Gasteiger partial charge in [-0.1, -0.05) is 24.3 Å². The fraction of sp³-hybridized carbons (Fsp3) is 0.213. The normalized spacial score (nSPS) is 27.1. The summed E-state index contributed by atoms with van der Waals surface area (Å²) in [5.41, 5.74) is 0.990. The van der Waals surface area contributed by atoms with E-state index in [9.17, 15) is 55.9 Å². The van der Waals surface area contributed by atoms with Crippen LogP contribution in [0.3, 0.4) is 0 Å². The zero-order valence-corrected chi connectivity index (χ0v) is 32.5. The molecule has 5 heterocycles. The maximum absolute atomic E-state index is 13.0. The van der Waals surface area contributed by atoms with Crippen molar-refractivity contribution in [2.75, 3.05) is 0 Å². The molecule has 0 aromatic heterocycles. The number of carbonyl (C=O) groups is 1. The van der Waals surface area contributed by atoms with Gasteiger partial charge in [-0.2, -0.15) is 0 Å². The number of carbonyl (C=O) groups excluding carboxylic acids is 1. The highest BCUT2D eigenvalue weighted by Gasteiger charge is 2.61. The summed E-state index contributed by atoms with van der Waals surface area (Å²) in [6, 6.07) is 21.9. The number of esters is 1. The van der Waals surface area contributed by atoms with E-state index < -0.39 is 77.3 Å². The van der Waals surface area contributed by atoms with Crippen molar-refractivity contribution in [2.24, 2.45) is 0 Å². The summed E-state index contributed by atoms with van der Waals surface area (Å²) in [5.74, 6) is -9.21. The number of fused-ring (bicyclic) bond motifs is 8. The molecule has 0 fully saturated rings. The number of phenols is 7. The SMILES string of the molecule is O=C1CC2c3c(cc(O)c(C4c5c(O)cc6c(c5OC(c5ccc(O)cc5)C4O)C4c5c(O)cc(O)cc5OC(c5ccc(O)cc5)(O6)C4O)c3OC(c3ccc(O)cc3)C2O)O1. The van der Waals surface area contributed by atoms with Crippen molar-refractivity contribution < 1.29 is 79.5 Å². The summed E-state index contributed by atoms with van der Waals surface area (Å²) in [6.45, 7) is 0. The van der Waals surface area contributed by atoms with Crippen LogP contribution in [-0.4, -0.2) is 75.3 Å². The molecule has 10 N–H and O–H groups in total. The Balaban J connectivity index is 1.19. The first kappa shape index (κ1) is 38.4. The molecule has 0 saturated heterocycles. The monoisotopic (exact) mass is 856 g/mol. The van der Waals surface area contributed by atoms with Crippen LogP contribution in [0.25, 0.3) is 0 Å². The summed E-state index contributed by atoms with van der Waals surface area (Å²) < 4.78 is 31.8. The Morgan fingerprint density at radius 2 is 0.984 bits per heavy atom. The first-order valence-electron chi connectivity index (χ1n) is 19.9. The van der Waals surface area contributed by atoms with Gasteiger partial charge in [0, 0.05) is 63.6 Å². The van der Waals surface area contributed by atoms with Gasteiger partial charge in [0.25, 0.3) is 0 Å². The molecule has 5 aliphatic rings. The van der Waals surface area contributed by atoms with E-state index in [1.165, 1.54) is 91.0 Å². The number of benzene rings is 6. The van der Waals surface area contributed by atoms with Gasteiger partial charge < -0.3 is 74.7 Å². The molecule has 0 amide bonds. The van der Waals surface area contributed by atoms with Crippen LogP contribution in [-0.2, 0) is 10.6 Å². The average Bonchev–Trinajstić information content (AvgIpc) is 3.23. The highest BCUT2D eigenvalue weighted by molar-refractivity contribution is 5.80. The molecule has 16 nitrogen and oxygen atoms in total. The van der Waals surface area contributed by atoms with E-state index in [2.05, 4.69) is 0 Å². The highest BCUT2D eigenvalue weighted by Crippen LogP contribution is 2.66.